The van der Waals surface area contributed by atoms with Gasteiger partial charge in [-0.2, -0.15) is 11.8 Å². The van der Waals surface area contributed by atoms with Crippen LogP contribution in [0.3, 0.4) is 0 Å². The van der Waals surface area contributed by atoms with Gasteiger partial charge in [0.15, 0.2) is 0 Å². The van der Waals surface area contributed by atoms with E-state index in [0.717, 1.165) is 12.2 Å². The van der Waals surface area contributed by atoms with Crippen molar-refractivity contribution in [1.82, 2.24) is 9.88 Å². The maximum absolute atomic E-state index is 5.60. The van der Waals surface area contributed by atoms with E-state index >= 15 is 0 Å². The summed E-state index contributed by atoms with van der Waals surface area (Å²) in [5.41, 5.74) is 7.86. The van der Waals surface area contributed by atoms with Crippen LogP contribution in [-0.2, 0) is 13.1 Å². The Morgan fingerprint density at radius 1 is 1.53 bits per heavy atom. The lowest BCUT2D eigenvalue weighted by Crippen LogP contribution is -2.32. The molecule has 0 radical (unpaired) electrons. The molecular weight excluding hydrogens is 230 g/mol. The van der Waals surface area contributed by atoms with Crippen LogP contribution in [-0.4, -0.2) is 35.0 Å². The fourth-order valence-electron chi connectivity index (χ4n) is 1.90. The first-order chi connectivity index (χ1) is 8.21. The Morgan fingerprint density at radius 3 is 2.88 bits per heavy atom. The molecule has 1 aromatic heterocycles. The summed E-state index contributed by atoms with van der Waals surface area (Å²) in [4.78, 5) is 6.63. The maximum atomic E-state index is 5.60. The number of nitrogens with two attached hydrogens (primary N) is 1. The van der Waals surface area contributed by atoms with Crippen LogP contribution in [0.15, 0.2) is 18.3 Å². The summed E-state index contributed by atoms with van der Waals surface area (Å²) in [5.74, 6) is 1.18. The van der Waals surface area contributed by atoms with Crippen molar-refractivity contribution in [2.75, 3.05) is 19.1 Å². The molecule has 3 nitrogen and oxygen atoms in total. The minimum atomic E-state index is 0.513. The first kappa shape index (κ1) is 14.5. The molecule has 1 rings (SSSR count). The number of nitrogens with zero attached hydrogens (tertiary/aromatic N) is 2. The summed E-state index contributed by atoms with van der Waals surface area (Å²) in [5, 5.41) is 0. The van der Waals surface area contributed by atoms with Gasteiger partial charge in [-0.1, -0.05) is 6.92 Å². The number of rotatable bonds is 7. The van der Waals surface area contributed by atoms with E-state index in [0.29, 0.717) is 12.6 Å². The molecule has 4 heteroatoms. The first-order valence-corrected chi connectivity index (χ1v) is 7.43. The monoisotopic (exact) mass is 253 g/mol. The molecule has 0 fully saturated rings. The van der Waals surface area contributed by atoms with Crippen molar-refractivity contribution in [1.29, 1.82) is 0 Å². The topological polar surface area (TPSA) is 42.2 Å². The van der Waals surface area contributed by atoms with E-state index < -0.39 is 0 Å². The van der Waals surface area contributed by atoms with E-state index in [1.807, 2.05) is 18.0 Å². The molecule has 2 N–H and O–H groups in total. The molecule has 0 saturated carbocycles. The fourth-order valence-corrected chi connectivity index (χ4v) is 2.78. The second-order valence-corrected chi connectivity index (χ2v) is 5.20. The molecule has 0 saturated heterocycles. The first-order valence-electron chi connectivity index (χ1n) is 6.04. The van der Waals surface area contributed by atoms with Crippen LogP contribution in [0.25, 0.3) is 0 Å². The van der Waals surface area contributed by atoms with Crippen LogP contribution in [0, 0.1) is 0 Å². The summed E-state index contributed by atoms with van der Waals surface area (Å²) < 4.78 is 0. The van der Waals surface area contributed by atoms with Crippen LogP contribution >= 0.6 is 11.8 Å². The van der Waals surface area contributed by atoms with Gasteiger partial charge in [-0.3, -0.25) is 9.88 Å². The Labute approximate surface area is 109 Å². The summed E-state index contributed by atoms with van der Waals surface area (Å²) in [7, 11) is 2.19. The Balaban J connectivity index is 2.62. The minimum Gasteiger partial charge on any atom is -0.325 e. The van der Waals surface area contributed by atoms with Crippen LogP contribution in [0.2, 0.25) is 0 Å². The largest absolute Gasteiger partial charge is 0.325 e. The fraction of sp³-hybridized carbons (Fsp3) is 0.615. The molecule has 1 unspecified atom stereocenters. The lowest BCUT2D eigenvalue weighted by molar-refractivity contribution is 0.248. The second kappa shape index (κ2) is 7.69. The van der Waals surface area contributed by atoms with Gasteiger partial charge in [0.2, 0.25) is 0 Å². The number of hydrogen-bond acceptors (Lipinski definition) is 4. The van der Waals surface area contributed by atoms with Gasteiger partial charge in [0, 0.05) is 31.1 Å². The average molecular weight is 253 g/mol. The average Bonchev–Trinajstić information content (AvgIpc) is 2.36. The quantitative estimate of drug-likeness (QED) is 0.808. The predicted octanol–water partition coefficient (Wildman–Crippen LogP) is 2.11. The van der Waals surface area contributed by atoms with Crippen LogP contribution in [0.4, 0.5) is 0 Å². The highest BCUT2D eigenvalue weighted by atomic mass is 32.2. The third-order valence-electron chi connectivity index (χ3n) is 2.98. The number of hydrogen-bond donors (Lipinski definition) is 1. The molecule has 1 heterocycles. The van der Waals surface area contributed by atoms with E-state index in [-0.39, 0.29) is 0 Å². The minimum absolute atomic E-state index is 0.513. The van der Waals surface area contributed by atoms with Crippen molar-refractivity contribution in [3.05, 3.63) is 29.6 Å². The lowest BCUT2D eigenvalue weighted by Gasteiger charge is -2.26. The molecule has 96 valence electrons. The highest BCUT2D eigenvalue weighted by molar-refractivity contribution is 7.98. The van der Waals surface area contributed by atoms with Crippen LogP contribution in [0.1, 0.15) is 24.6 Å². The van der Waals surface area contributed by atoms with Gasteiger partial charge in [-0.25, -0.2) is 0 Å². The normalized spacial score (nSPS) is 13.0. The Hall–Kier alpha value is -0.580. The molecule has 0 aliphatic heterocycles. The van der Waals surface area contributed by atoms with E-state index in [9.17, 15) is 0 Å². The molecule has 1 aromatic rings. The summed E-state index contributed by atoms with van der Waals surface area (Å²) in [6.07, 6.45) is 5.20. The van der Waals surface area contributed by atoms with Crippen molar-refractivity contribution in [3.63, 3.8) is 0 Å². The second-order valence-electron chi connectivity index (χ2n) is 4.29. The zero-order valence-electron chi connectivity index (χ0n) is 11.0. The maximum Gasteiger partial charge on any atom is 0.0542 e. The Morgan fingerprint density at radius 2 is 2.29 bits per heavy atom. The zero-order valence-corrected chi connectivity index (χ0v) is 11.8. The van der Waals surface area contributed by atoms with Crippen molar-refractivity contribution >= 4 is 11.8 Å². The van der Waals surface area contributed by atoms with E-state index in [2.05, 4.69) is 42.2 Å². The van der Waals surface area contributed by atoms with E-state index in [1.54, 1.807) is 0 Å². The summed E-state index contributed by atoms with van der Waals surface area (Å²) in [6.45, 7) is 3.73. The molecule has 0 aliphatic rings. The van der Waals surface area contributed by atoms with Crippen molar-refractivity contribution in [2.24, 2.45) is 5.73 Å². The van der Waals surface area contributed by atoms with Gasteiger partial charge in [-0.05, 0) is 37.4 Å². The Bertz CT molecular complexity index is 330. The SMILES string of the molecule is CCC(CSC)N(C)Cc1ccnc(CN)c1. The van der Waals surface area contributed by atoms with Gasteiger partial charge >= 0.3 is 0 Å². The van der Waals surface area contributed by atoms with Gasteiger partial charge in [-0.15, -0.1) is 0 Å². The van der Waals surface area contributed by atoms with Crippen molar-refractivity contribution in [2.45, 2.75) is 32.5 Å². The lowest BCUT2D eigenvalue weighted by atomic mass is 10.1. The number of pyridine rings is 1. The molecule has 0 aromatic carbocycles. The Kier molecular flexibility index (Phi) is 6.55. The highest BCUT2D eigenvalue weighted by Crippen LogP contribution is 2.12. The number of thioether (sulfide) groups is 1. The molecule has 0 spiro atoms. The van der Waals surface area contributed by atoms with Crippen LogP contribution < -0.4 is 5.73 Å². The smallest absolute Gasteiger partial charge is 0.0542 e. The third kappa shape index (κ3) is 4.66. The van der Waals surface area contributed by atoms with Crippen molar-refractivity contribution in [3.8, 4) is 0 Å². The number of aromatic nitrogens is 1. The molecule has 17 heavy (non-hydrogen) atoms. The molecule has 0 bridgehead atoms. The molecule has 0 aliphatic carbocycles. The standard InChI is InChI=1S/C13H23N3S/c1-4-13(10-17-3)16(2)9-11-5-6-15-12(7-11)8-14/h5-7,13H,4,8-10,14H2,1-3H3. The molecular formula is C13H23N3S. The molecule has 0 amide bonds. The highest BCUT2D eigenvalue weighted by Gasteiger charge is 2.12. The summed E-state index contributed by atoms with van der Waals surface area (Å²) >= 11 is 1.91. The van der Waals surface area contributed by atoms with Gasteiger partial charge < -0.3 is 5.73 Å². The molecule has 1 atom stereocenters. The van der Waals surface area contributed by atoms with Gasteiger partial charge in [0.25, 0.3) is 0 Å². The zero-order chi connectivity index (χ0) is 12.7. The van der Waals surface area contributed by atoms with Gasteiger partial charge in [0.1, 0.15) is 0 Å². The van der Waals surface area contributed by atoms with Gasteiger partial charge in [0.05, 0.1) is 5.69 Å². The summed E-state index contributed by atoms with van der Waals surface area (Å²) in [6, 6.07) is 4.81. The van der Waals surface area contributed by atoms with E-state index in [4.69, 9.17) is 5.73 Å². The predicted molar refractivity (Wildman–Crippen MR) is 76.1 cm³/mol. The third-order valence-corrected chi connectivity index (χ3v) is 3.69. The van der Waals surface area contributed by atoms with Crippen LogP contribution in [0.5, 0.6) is 0 Å². The van der Waals surface area contributed by atoms with Crippen molar-refractivity contribution < 1.29 is 0 Å². The van der Waals surface area contributed by atoms with E-state index in [1.165, 1.54) is 17.7 Å².